The predicted molar refractivity (Wildman–Crippen MR) is 105 cm³/mol. The zero-order valence-electron chi connectivity index (χ0n) is 14.1. The van der Waals surface area contributed by atoms with E-state index < -0.39 is 38.1 Å². The van der Waals surface area contributed by atoms with Crippen molar-refractivity contribution < 1.29 is 41.9 Å². The number of hydrogen-bond acceptors (Lipinski definition) is 7. The molecule has 0 rings (SSSR count). The van der Waals surface area contributed by atoms with Crippen LogP contribution >= 0.6 is 15.9 Å². The molecule has 0 aromatic carbocycles. The fraction of sp³-hybridized carbons (Fsp3) is 0.786. The van der Waals surface area contributed by atoms with Crippen LogP contribution in [0.3, 0.4) is 0 Å². The van der Waals surface area contributed by atoms with Gasteiger partial charge in [0.05, 0.1) is 19.6 Å². The number of carbonyl (C=O) groups is 3. The Hall–Kier alpha value is 0.800. The average Bonchev–Trinajstić information content (AvgIpc) is 2.44. The van der Waals surface area contributed by atoms with Gasteiger partial charge in [0.25, 0.3) is 10.1 Å². The summed E-state index contributed by atoms with van der Waals surface area (Å²) in [4.78, 5) is 33.5. The Labute approximate surface area is 211 Å². The summed E-state index contributed by atoms with van der Waals surface area (Å²) in [6.07, 6.45) is 1.60. The topological polar surface area (TPSA) is 144 Å². The van der Waals surface area contributed by atoms with Crippen LogP contribution in [0.2, 0.25) is 0 Å². The van der Waals surface area contributed by atoms with Crippen molar-refractivity contribution >= 4 is 103 Å². The van der Waals surface area contributed by atoms with Crippen molar-refractivity contribution in [1.29, 1.82) is 0 Å². The maximum atomic E-state index is 11.5. The number of alkyl halides is 1. The van der Waals surface area contributed by atoms with Crippen molar-refractivity contribution in [3.05, 3.63) is 0 Å². The molecule has 0 heterocycles. The molecule has 0 amide bonds. The molecule has 0 saturated heterocycles. The van der Waals surface area contributed by atoms with Crippen molar-refractivity contribution in [3.8, 4) is 0 Å². The number of hydrogen-bond donors (Lipinski definition) is 2. The monoisotopic (exact) mass is 494 g/mol. The number of carbonyl (C=O) groups excluding carboxylic acids is 2. The molecule has 0 aromatic heterocycles. The van der Waals surface area contributed by atoms with Crippen molar-refractivity contribution in [2.45, 2.75) is 55.5 Å². The van der Waals surface area contributed by atoms with Crippen LogP contribution in [0.5, 0.6) is 0 Å². The van der Waals surface area contributed by atoms with E-state index in [0.29, 0.717) is 19.3 Å². The summed E-state index contributed by atoms with van der Waals surface area (Å²) in [5, 5.41) is 6.42. The fourth-order valence-electron chi connectivity index (χ4n) is 1.61. The Morgan fingerprint density at radius 2 is 1.44 bits per heavy atom. The zero-order chi connectivity index (χ0) is 19.7. The van der Waals surface area contributed by atoms with Crippen LogP contribution in [0.25, 0.3) is 0 Å². The molecule has 0 aliphatic rings. The second-order valence-electron chi connectivity index (χ2n) is 5.79. The Kier molecular flexibility index (Phi) is 18.8. The summed E-state index contributed by atoms with van der Waals surface area (Å²) in [6, 6.07) is 0. The summed E-state index contributed by atoms with van der Waals surface area (Å²) in [5.74, 6) is -3.19. The fourth-order valence-corrected chi connectivity index (χ4v) is 2.33. The molecule has 13 heteroatoms. The van der Waals surface area contributed by atoms with Crippen LogP contribution in [0.1, 0.15) is 46.0 Å². The summed E-state index contributed by atoms with van der Waals surface area (Å²) < 4.78 is 39.4. The van der Waals surface area contributed by atoms with E-state index in [1.54, 1.807) is 13.8 Å². The summed E-state index contributed by atoms with van der Waals surface area (Å²) in [6.45, 7) is 3.65. The molecular formula is C14H25BrNa2O9S. The minimum atomic E-state index is -4.87. The van der Waals surface area contributed by atoms with E-state index in [0.717, 1.165) is 6.42 Å². The molecule has 27 heavy (non-hydrogen) atoms. The van der Waals surface area contributed by atoms with Crippen molar-refractivity contribution in [1.82, 2.24) is 0 Å². The van der Waals surface area contributed by atoms with Gasteiger partial charge in [-0.05, 0) is 39.5 Å². The molecule has 2 N–H and O–H groups in total. The number of unbranched alkanes of at least 4 members (excludes halogenated alkanes) is 3. The van der Waals surface area contributed by atoms with Gasteiger partial charge in [0.15, 0.2) is 5.25 Å². The molecule has 0 fully saturated rings. The zero-order valence-corrected chi connectivity index (χ0v) is 16.5. The first-order valence-corrected chi connectivity index (χ1v) is 9.86. The minimum absolute atomic E-state index is 0. The second kappa shape index (κ2) is 15.6. The molecule has 1 unspecified atom stereocenters. The Balaban J connectivity index is -0.00000288. The van der Waals surface area contributed by atoms with Gasteiger partial charge >= 0.3 is 77.0 Å². The van der Waals surface area contributed by atoms with Crippen LogP contribution in [0, 0.1) is 0 Å². The molecule has 0 aliphatic heterocycles. The molecule has 9 nitrogen and oxygen atoms in total. The van der Waals surface area contributed by atoms with Gasteiger partial charge in [0, 0.05) is 0 Å². The third-order valence-electron chi connectivity index (χ3n) is 3.01. The van der Waals surface area contributed by atoms with E-state index >= 15 is 0 Å². The Bertz CT molecular complexity index is 576. The van der Waals surface area contributed by atoms with Crippen LogP contribution in [-0.2, 0) is 34.0 Å². The van der Waals surface area contributed by atoms with Gasteiger partial charge in [-0.1, -0.05) is 15.9 Å². The van der Waals surface area contributed by atoms with Crippen LogP contribution in [0.4, 0.5) is 0 Å². The standard InChI is InChI=1S/C14H23BrO9S.2Na.2H/c1-14(2,15)13(19)24-8-6-4-3-5-7-23-11(16)9-10(12(17)18)25(20,21)22;;;;/h10H,3-9H2,1-2H3,(H,17,18)(H,20,21,22);;;;. The number of aliphatic carboxylic acids is 1. The van der Waals surface area contributed by atoms with Crippen molar-refractivity contribution in [3.63, 3.8) is 0 Å². The first kappa shape index (κ1) is 32.5. The van der Waals surface area contributed by atoms with E-state index in [9.17, 15) is 22.8 Å². The number of rotatable bonds is 12. The molecule has 0 aromatic rings. The first-order chi connectivity index (χ1) is 11.4. The van der Waals surface area contributed by atoms with Gasteiger partial charge in [-0.3, -0.25) is 18.9 Å². The summed E-state index contributed by atoms with van der Waals surface area (Å²) >= 11 is 3.19. The number of esters is 2. The summed E-state index contributed by atoms with van der Waals surface area (Å²) in [5.41, 5.74) is 0. The average molecular weight is 495 g/mol. The molecular weight excluding hydrogens is 470 g/mol. The van der Waals surface area contributed by atoms with Crippen LogP contribution in [0.15, 0.2) is 0 Å². The number of carboxylic acids is 1. The Morgan fingerprint density at radius 1 is 1.00 bits per heavy atom. The van der Waals surface area contributed by atoms with Gasteiger partial charge in [0.2, 0.25) is 0 Å². The third-order valence-corrected chi connectivity index (χ3v) is 4.42. The quantitative estimate of drug-likeness (QED) is 0.128. The van der Waals surface area contributed by atoms with Gasteiger partial charge in [-0.15, -0.1) is 0 Å². The number of carboxylic acid groups (broad SMARTS) is 1. The van der Waals surface area contributed by atoms with E-state index in [4.69, 9.17) is 19.1 Å². The molecule has 1 atom stereocenters. The molecule has 0 aliphatic carbocycles. The Morgan fingerprint density at radius 3 is 1.81 bits per heavy atom. The van der Waals surface area contributed by atoms with Crippen molar-refractivity contribution in [2.75, 3.05) is 13.2 Å². The number of halogens is 1. The molecule has 0 bridgehead atoms. The molecule has 0 spiro atoms. The molecule has 150 valence electrons. The second-order valence-corrected chi connectivity index (χ2v) is 9.37. The molecule has 0 radical (unpaired) electrons. The third kappa shape index (κ3) is 16.3. The van der Waals surface area contributed by atoms with E-state index in [1.165, 1.54) is 0 Å². The SMILES string of the molecule is CC(C)(Br)C(=O)OCCCCCCOC(=O)CC(C(=O)O)S(=O)(=O)O.[NaH].[NaH]. The first-order valence-electron chi connectivity index (χ1n) is 7.56. The van der Waals surface area contributed by atoms with Gasteiger partial charge in [0.1, 0.15) is 4.32 Å². The van der Waals surface area contributed by atoms with Crippen LogP contribution < -0.4 is 0 Å². The van der Waals surface area contributed by atoms with E-state index in [-0.39, 0.29) is 78.3 Å². The predicted octanol–water partition coefficient (Wildman–Crippen LogP) is 0.241. The van der Waals surface area contributed by atoms with Gasteiger partial charge in [-0.2, -0.15) is 8.42 Å². The van der Waals surface area contributed by atoms with E-state index in [2.05, 4.69) is 15.9 Å². The van der Waals surface area contributed by atoms with Gasteiger partial charge < -0.3 is 14.6 Å². The van der Waals surface area contributed by atoms with Crippen LogP contribution in [-0.4, -0.2) is 118 Å². The van der Waals surface area contributed by atoms with E-state index in [1.807, 2.05) is 0 Å². The normalized spacial score (nSPS) is 12.1. The number of ether oxygens (including phenoxy) is 2. The summed E-state index contributed by atoms with van der Waals surface area (Å²) in [7, 11) is -4.87. The molecule has 0 saturated carbocycles. The van der Waals surface area contributed by atoms with Gasteiger partial charge in [-0.25, -0.2) is 0 Å². The van der Waals surface area contributed by atoms with Crippen molar-refractivity contribution in [2.24, 2.45) is 0 Å². The maximum absolute atomic E-state index is 11.5.